The quantitative estimate of drug-likeness (QED) is 0.0726. The molecule has 0 bridgehead atoms. The van der Waals surface area contributed by atoms with Crippen molar-refractivity contribution >= 4 is 321 Å². The van der Waals surface area contributed by atoms with Gasteiger partial charge in [0.1, 0.15) is 6.04 Å². The molecule has 1 saturated heterocycles. The van der Waals surface area contributed by atoms with Gasteiger partial charge in [-0.05, 0) is 51.4 Å². The topological polar surface area (TPSA) is 146 Å². The summed E-state index contributed by atoms with van der Waals surface area (Å²) in [7, 11) is 122. The van der Waals surface area contributed by atoms with Gasteiger partial charge in [-0.15, -0.1) is 11.3 Å². The van der Waals surface area contributed by atoms with E-state index in [1.54, 1.807) is 6.92 Å². The summed E-state index contributed by atoms with van der Waals surface area (Å²) in [4.78, 5) is 47.5. The monoisotopic (exact) mass is 1050 g/mol. The van der Waals surface area contributed by atoms with Crippen molar-refractivity contribution in [1.82, 2.24) is 14.6 Å². The van der Waals surface area contributed by atoms with Crippen LogP contribution in [-0.4, -0.2) is 347 Å². The molecule has 3 heterocycles. The number of fused-ring (bicyclic) bond motifs is 2. The van der Waals surface area contributed by atoms with Gasteiger partial charge in [-0.1, -0.05) is 45.8 Å². The summed E-state index contributed by atoms with van der Waals surface area (Å²) in [6.45, 7) is 7.90. The number of hydrogen-bond acceptors (Lipinski definition) is 9. The molecule has 2 aliphatic heterocycles. The van der Waals surface area contributed by atoms with Crippen molar-refractivity contribution in [3.05, 3.63) is 23.2 Å². The minimum Gasteiger partial charge on any atom is -0.391 e. The Hall–Kier alpha value is 0.222. The fourth-order valence-corrected chi connectivity index (χ4v) is 14.7. The number of nitrogens with one attached hydrogen (secondary N) is 2. The van der Waals surface area contributed by atoms with Gasteiger partial charge in [-0.3, -0.25) is 19.1 Å². The first kappa shape index (κ1) is 73.7. The SMILES string of the molecule is CC(C)(C)c1csc(N[C@H]2CCCCC/C=C\[C@@H]3C[C@@]3(C(=O)NS(=O)(=O)C3(C)CC3)CC(=O)[C@@H]3C[C@@H](O)CN3C2=O)n1.[B][B]B([B])B(B([B])[B])B(B(B(B([B])[B])B([B])[B])B(B([B])[B])B([B])[B])B(B(B([B])[B])B([B])[B])B(B([B])[B])B([B])[B]. The zero-order chi connectivity index (χ0) is 61.6. The van der Waals surface area contributed by atoms with Crippen LogP contribution in [0.5, 0.6) is 0 Å². The predicted molar refractivity (Wildman–Crippen MR) is 386 cm³/mol. The van der Waals surface area contributed by atoms with Gasteiger partial charge in [0.05, 0.1) is 28.0 Å². The van der Waals surface area contributed by atoms with Crippen LogP contribution in [0.15, 0.2) is 17.5 Å². The van der Waals surface area contributed by atoms with Gasteiger partial charge in [-0.2, -0.15) is 0 Å². The number of aliphatic hydroxyl groups excluding tert-OH is 1. The molecule has 5 rings (SSSR count). The summed E-state index contributed by atoms with van der Waals surface area (Å²) in [5, 5.41) is 16.5. The van der Waals surface area contributed by atoms with E-state index in [1.165, 1.54) is 23.3 Å². The number of aliphatic hydroxyl groups is 1. The van der Waals surface area contributed by atoms with Crippen LogP contribution >= 0.6 is 11.3 Å². The Labute approximate surface area is 526 Å². The van der Waals surface area contributed by atoms with Gasteiger partial charge in [0.2, 0.25) is 21.8 Å². The number of rotatable bonds is 23. The first-order chi connectivity index (χ1) is 37.4. The lowest BCUT2D eigenvalue weighted by Crippen LogP contribution is -2.92. The second-order valence-electron chi connectivity index (χ2n) is 24.5. The van der Waals surface area contributed by atoms with Crippen LogP contribution in [0.3, 0.4) is 0 Å². The lowest BCUT2D eigenvalue weighted by atomic mass is 8.28. The number of anilines is 1. The lowest BCUT2D eigenvalue weighted by Gasteiger charge is -2.54. The van der Waals surface area contributed by atoms with Gasteiger partial charge in [0, 0.05) is 307 Å². The third-order valence-electron chi connectivity index (χ3n) is 17.2. The molecule has 3 fully saturated rings. The van der Waals surface area contributed by atoms with E-state index >= 15 is 0 Å². The van der Waals surface area contributed by atoms with Crippen molar-refractivity contribution in [1.29, 1.82) is 0 Å². The average Bonchev–Trinajstić information content (AvgIpc) is 4.25. The first-order valence-electron chi connectivity index (χ1n) is 27.8. The van der Waals surface area contributed by atoms with E-state index in [1.807, 2.05) is 17.5 Å². The molecule has 0 aromatic carbocycles. The molecule has 4 aliphatic rings. The fraction of sp³-hybridized carbons (Fsp3) is 0.733. The number of ketones is 1. The van der Waals surface area contributed by atoms with E-state index in [0.29, 0.717) is 30.8 Å². The van der Waals surface area contributed by atoms with Gasteiger partial charge in [0.25, 0.3) is 0 Å². The largest absolute Gasteiger partial charge is 0.391 e. The Morgan fingerprint density at radius 2 is 1.19 bits per heavy atom. The highest BCUT2D eigenvalue weighted by molar-refractivity contribution is 8.31. The van der Waals surface area contributed by atoms with Crippen molar-refractivity contribution in [3.63, 3.8) is 0 Å². The van der Waals surface area contributed by atoms with Gasteiger partial charge in [0.15, 0.2) is 10.9 Å². The van der Waals surface area contributed by atoms with Crippen LogP contribution in [0.4, 0.5) is 5.13 Å². The number of allylic oxidation sites excluding steroid dienone is 2. The number of aromatic nitrogens is 1. The molecular formula is C30H44B39N4O6S2. The Kier molecular flexibility index (Phi) is 28.3. The van der Waals surface area contributed by atoms with Crippen LogP contribution in [0.1, 0.15) is 97.6 Å². The smallest absolute Gasteiger partial charge is 0.245 e. The van der Waals surface area contributed by atoms with Crippen molar-refractivity contribution in [3.8, 4) is 0 Å². The van der Waals surface area contributed by atoms with Crippen molar-refractivity contribution in [2.45, 2.75) is 120 Å². The van der Waals surface area contributed by atoms with E-state index in [2.05, 4.69) is 30.8 Å². The Morgan fingerprint density at radius 1 is 0.728 bits per heavy atom. The van der Waals surface area contributed by atoms with E-state index < -0.39 is 159 Å². The number of thiazole rings is 1. The highest BCUT2D eigenvalue weighted by atomic mass is 32.2. The highest BCUT2D eigenvalue weighted by Gasteiger charge is 2.63. The molecule has 51 heteroatoms. The summed E-state index contributed by atoms with van der Waals surface area (Å²) in [6, 6.07) is -1.49. The minimum atomic E-state index is -3.86. The van der Waals surface area contributed by atoms with E-state index in [9.17, 15) is 27.9 Å². The maximum Gasteiger partial charge on any atom is 0.245 e. The molecule has 0 unspecified atom stereocenters. The maximum absolute atomic E-state index is 14.0. The standard InChI is InChI=1S/C30H44N4O6S2.B39/c1-28(2,3)24-18-41-27(32-24)31-21-11-9-7-5-6-8-10-19-15-30(19,26(38)33-42(39,40)29(4)12-13-29)16-23(36)22-14-20(35)17-34(22)25(21)37;1-21-31(20)36(30(18)19)39(37(32(22(2)3)23(4)5)33(24(6)7)25(8)9)38(34(26(10)11)27(12)13)35(28(14)15)29(16)17/h8,10,18-22,35H,5-7,9,11-17H2,1-4H3,(H,31,32)(H,33,38);/b10-8-;/t19-,20-,21+,22+,30-;/m1./s1. The first-order valence-corrected chi connectivity index (χ1v) is 30.2. The Morgan fingerprint density at radius 3 is 1.59 bits per heavy atom. The normalized spacial score (nSPS) is 21.5. The lowest BCUT2D eigenvalue weighted by molar-refractivity contribution is -0.139. The molecule has 5 atom stereocenters. The fourth-order valence-electron chi connectivity index (χ4n) is 12.3. The molecule has 1 aromatic rings. The molecule has 2 saturated carbocycles. The number of amides is 2. The number of sulfonamides is 1. The summed E-state index contributed by atoms with van der Waals surface area (Å²) in [5.74, 6) is -1.47. The van der Waals surface area contributed by atoms with Gasteiger partial charge < -0.3 is 15.3 Å². The molecular weight excluding hydrogens is 998 g/mol. The minimum absolute atomic E-state index is 0.0355. The zero-order valence-corrected chi connectivity index (χ0v) is 49.2. The molecule has 349 valence electrons. The second kappa shape index (κ2) is 31.1. The third kappa shape index (κ3) is 18.7. The maximum atomic E-state index is 14.0. The zero-order valence-electron chi connectivity index (χ0n) is 47.5. The van der Waals surface area contributed by atoms with Crippen molar-refractivity contribution in [2.24, 2.45) is 11.3 Å². The molecule has 3 N–H and O–H groups in total. The second-order valence-corrected chi connectivity index (χ2v) is 27.6. The summed E-state index contributed by atoms with van der Waals surface area (Å²) in [5.41, 5.74) is -0.377. The van der Waals surface area contributed by atoms with E-state index in [0.717, 1.165) is 31.4 Å². The van der Waals surface area contributed by atoms with Crippen molar-refractivity contribution < 1.29 is 27.9 Å². The highest BCUT2D eigenvalue weighted by Crippen LogP contribution is 2.57. The van der Waals surface area contributed by atoms with Crippen LogP contribution in [0.2, 0.25) is 0 Å². The number of Topliss-reactive ketones (excluding diaryl/α,β-unsaturated/α-hetero) is 1. The predicted octanol–water partition coefficient (Wildman–Crippen LogP) is -11.2. The number of nitrogens with zero attached hydrogens (tertiary/aromatic N) is 2. The summed E-state index contributed by atoms with van der Waals surface area (Å²) < 4.78 is 27.1. The molecule has 10 nitrogen and oxygen atoms in total. The molecule has 81 heavy (non-hydrogen) atoms. The number of hydrogen-bond donors (Lipinski definition) is 3. The average molecular weight is 1040 g/mol. The molecule has 0 spiro atoms. The summed E-state index contributed by atoms with van der Waals surface area (Å²) in [6.07, 6.45) is -11.3. The number of carbonyl (C=O) groups is 3. The van der Waals surface area contributed by atoms with Crippen LogP contribution in [0.25, 0.3) is 0 Å². The van der Waals surface area contributed by atoms with Crippen LogP contribution < -0.4 is 10.0 Å². The number of carbonyl (C=O) groups excluding carboxylic acids is 3. The molecule has 1 aromatic heterocycles. The van der Waals surface area contributed by atoms with Gasteiger partial charge in [-0.25, -0.2) is 13.4 Å². The van der Waals surface area contributed by atoms with Crippen LogP contribution in [-0.2, 0) is 29.8 Å². The molecule has 41 radical (unpaired) electrons. The molecule has 2 amide bonds. The third-order valence-corrected chi connectivity index (χ3v) is 20.2. The molecule has 2 aliphatic carbocycles. The Balaban J connectivity index is 0.000000350. The van der Waals surface area contributed by atoms with Gasteiger partial charge >= 0.3 is 0 Å². The van der Waals surface area contributed by atoms with E-state index in [-0.39, 0.29) is 42.4 Å². The Bertz CT molecular complexity index is 2240. The van der Waals surface area contributed by atoms with Crippen molar-refractivity contribution in [2.75, 3.05) is 11.9 Å². The van der Waals surface area contributed by atoms with E-state index in [4.69, 9.17) is 160 Å². The van der Waals surface area contributed by atoms with Crippen LogP contribution in [0, 0.1) is 11.3 Å². The summed E-state index contributed by atoms with van der Waals surface area (Å²) >= 11 is 1.44.